The van der Waals surface area contributed by atoms with Crippen LogP contribution in [0, 0.1) is 0 Å². The summed E-state index contributed by atoms with van der Waals surface area (Å²) >= 11 is 3.31. The van der Waals surface area contributed by atoms with Crippen LogP contribution in [0.3, 0.4) is 0 Å². The number of piperazine rings is 1. The van der Waals surface area contributed by atoms with Gasteiger partial charge >= 0.3 is 5.97 Å². The van der Waals surface area contributed by atoms with Gasteiger partial charge in [-0.25, -0.2) is 9.69 Å². The summed E-state index contributed by atoms with van der Waals surface area (Å²) < 4.78 is 11.2. The number of hydrogen-bond donors (Lipinski definition) is 0. The third-order valence-corrected chi connectivity index (χ3v) is 7.71. The van der Waals surface area contributed by atoms with E-state index in [4.69, 9.17) is 9.47 Å². The van der Waals surface area contributed by atoms with Crippen molar-refractivity contribution >= 4 is 50.9 Å². The van der Waals surface area contributed by atoms with Crippen LogP contribution in [0.2, 0.25) is 0 Å². The van der Waals surface area contributed by atoms with Gasteiger partial charge in [0, 0.05) is 41.9 Å². The number of imide groups is 1. The molecule has 5 rings (SSSR count). The Morgan fingerprint density at radius 2 is 1.43 bits per heavy atom. The fourth-order valence-corrected chi connectivity index (χ4v) is 5.20. The molecule has 0 N–H and O–H groups in total. The van der Waals surface area contributed by atoms with Gasteiger partial charge in [-0.2, -0.15) is 0 Å². The second-order valence-electron chi connectivity index (χ2n) is 9.56. The van der Waals surface area contributed by atoms with Crippen LogP contribution < -0.4 is 14.5 Å². The minimum absolute atomic E-state index is 0.114. The van der Waals surface area contributed by atoms with E-state index in [1.54, 1.807) is 43.5 Å². The molecule has 0 aliphatic carbocycles. The molecule has 2 fully saturated rings. The van der Waals surface area contributed by atoms with E-state index >= 15 is 0 Å². The number of nitrogens with zero attached hydrogens (tertiary/aromatic N) is 3. The minimum atomic E-state index is -0.663. The zero-order valence-corrected chi connectivity index (χ0v) is 23.5. The van der Waals surface area contributed by atoms with Gasteiger partial charge in [0.25, 0.3) is 5.91 Å². The van der Waals surface area contributed by atoms with Crippen LogP contribution in [0.4, 0.5) is 11.4 Å². The van der Waals surface area contributed by atoms with Crippen molar-refractivity contribution in [3.63, 3.8) is 0 Å². The minimum Gasteiger partial charge on any atom is -0.497 e. The van der Waals surface area contributed by atoms with Gasteiger partial charge in [0.2, 0.25) is 5.91 Å². The van der Waals surface area contributed by atoms with Crippen LogP contribution in [-0.2, 0) is 14.3 Å². The Labute approximate surface area is 240 Å². The van der Waals surface area contributed by atoms with Gasteiger partial charge in [-0.1, -0.05) is 28.1 Å². The number of ketones is 1. The fraction of sp³-hybridized carbons (Fsp3) is 0.267. The van der Waals surface area contributed by atoms with Crippen molar-refractivity contribution in [1.29, 1.82) is 0 Å². The van der Waals surface area contributed by atoms with E-state index in [2.05, 4.69) is 25.7 Å². The summed E-state index contributed by atoms with van der Waals surface area (Å²) in [5, 5.41) is 0. The lowest BCUT2D eigenvalue weighted by molar-refractivity contribution is -0.123. The highest BCUT2D eigenvalue weighted by Crippen LogP contribution is 2.28. The average molecular weight is 606 g/mol. The molecule has 2 aliphatic heterocycles. The molecule has 2 saturated heterocycles. The molecule has 2 heterocycles. The number of halogens is 1. The van der Waals surface area contributed by atoms with E-state index in [1.165, 1.54) is 17.0 Å². The number of esters is 1. The summed E-state index contributed by atoms with van der Waals surface area (Å²) in [5.41, 5.74) is 2.15. The van der Waals surface area contributed by atoms with Crippen molar-refractivity contribution in [2.45, 2.75) is 12.5 Å². The van der Waals surface area contributed by atoms with Crippen molar-refractivity contribution in [3.05, 3.63) is 88.4 Å². The van der Waals surface area contributed by atoms with Crippen LogP contribution in [0.15, 0.2) is 77.3 Å². The summed E-state index contributed by atoms with van der Waals surface area (Å²) in [6.45, 7) is 2.41. The second kappa shape index (κ2) is 12.0. The SMILES string of the molecule is COc1ccc(N2CCN(C3CC(=O)N(c4ccc(C(=O)OCC(=O)c5ccc(Br)cc5)cc4)C3=O)CC2)cc1. The maximum atomic E-state index is 13.3. The topological polar surface area (TPSA) is 96.5 Å². The predicted molar refractivity (Wildman–Crippen MR) is 153 cm³/mol. The highest BCUT2D eigenvalue weighted by Gasteiger charge is 2.43. The molecule has 1 unspecified atom stereocenters. The van der Waals surface area contributed by atoms with Crippen molar-refractivity contribution < 1.29 is 28.7 Å². The smallest absolute Gasteiger partial charge is 0.338 e. The molecule has 2 aliphatic rings. The number of rotatable bonds is 8. The monoisotopic (exact) mass is 605 g/mol. The third kappa shape index (κ3) is 5.93. The standard InChI is InChI=1S/C30H28BrN3O6/c1-39-25-12-10-23(11-13-25)32-14-16-33(17-15-32)26-18-28(36)34(29(26)37)24-8-4-21(5-9-24)30(38)40-19-27(35)20-2-6-22(31)7-3-20/h2-13,26H,14-19H2,1H3. The lowest BCUT2D eigenvalue weighted by Crippen LogP contribution is -2.52. The van der Waals surface area contributed by atoms with Gasteiger partial charge in [-0.05, 0) is 60.7 Å². The first kappa shape index (κ1) is 27.5. The highest BCUT2D eigenvalue weighted by atomic mass is 79.9. The van der Waals surface area contributed by atoms with Gasteiger partial charge in [-0.15, -0.1) is 0 Å². The first-order valence-electron chi connectivity index (χ1n) is 12.9. The van der Waals surface area contributed by atoms with Crippen molar-refractivity contribution in [3.8, 4) is 5.75 Å². The maximum absolute atomic E-state index is 13.3. The van der Waals surface area contributed by atoms with Gasteiger partial charge in [0.1, 0.15) is 5.75 Å². The van der Waals surface area contributed by atoms with Gasteiger partial charge < -0.3 is 14.4 Å². The van der Waals surface area contributed by atoms with E-state index in [0.717, 1.165) is 29.0 Å². The summed E-state index contributed by atoms with van der Waals surface area (Å²) in [4.78, 5) is 56.4. The first-order valence-corrected chi connectivity index (χ1v) is 13.7. The van der Waals surface area contributed by atoms with Gasteiger partial charge in [-0.3, -0.25) is 19.3 Å². The van der Waals surface area contributed by atoms with Crippen LogP contribution >= 0.6 is 15.9 Å². The molecule has 9 nitrogen and oxygen atoms in total. The number of ether oxygens (including phenoxy) is 2. The number of carbonyl (C=O) groups is 4. The normalized spacial score (nSPS) is 17.7. The Morgan fingerprint density at radius 1 is 0.825 bits per heavy atom. The van der Waals surface area contributed by atoms with E-state index in [0.29, 0.717) is 24.3 Å². The third-order valence-electron chi connectivity index (χ3n) is 7.18. The molecule has 3 aromatic rings. The quantitative estimate of drug-likeness (QED) is 0.216. The maximum Gasteiger partial charge on any atom is 0.338 e. The van der Waals surface area contributed by atoms with Crippen LogP contribution in [0.1, 0.15) is 27.1 Å². The van der Waals surface area contributed by atoms with Gasteiger partial charge in [0.05, 0.1) is 30.8 Å². The molecule has 3 aromatic carbocycles. The molecule has 0 saturated carbocycles. The van der Waals surface area contributed by atoms with E-state index in [-0.39, 0.29) is 29.6 Å². The lowest BCUT2D eigenvalue weighted by atomic mass is 10.1. The molecule has 2 amide bonds. The van der Waals surface area contributed by atoms with Gasteiger partial charge in [0.15, 0.2) is 12.4 Å². The predicted octanol–water partition coefficient (Wildman–Crippen LogP) is 3.95. The van der Waals surface area contributed by atoms with Crippen molar-refractivity contribution in [2.75, 3.05) is 49.7 Å². The molecule has 206 valence electrons. The Balaban J connectivity index is 1.16. The molecule has 1 atom stereocenters. The zero-order chi connectivity index (χ0) is 28.2. The Bertz CT molecular complexity index is 1400. The molecular weight excluding hydrogens is 578 g/mol. The second-order valence-corrected chi connectivity index (χ2v) is 10.5. The molecular formula is C30H28BrN3O6. The molecule has 0 radical (unpaired) electrons. The number of methoxy groups -OCH3 is 1. The Kier molecular flexibility index (Phi) is 8.27. The van der Waals surface area contributed by atoms with Crippen LogP contribution in [0.25, 0.3) is 0 Å². The summed E-state index contributed by atoms with van der Waals surface area (Å²) in [6, 6.07) is 20.2. The molecule has 0 spiro atoms. The van der Waals surface area contributed by atoms with Crippen LogP contribution in [-0.4, -0.2) is 74.4 Å². The van der Waals surface area contributed by atoms with E-state index < -0.39 is 18.6 Å². The summed E-state index contributed by atoms with van der Waals surface area (Å²) in [6.07, 6.45) is 0.114. The Morgan fingerprint density at radius 3 is 2.05 bits per heavy atom. The Hall–Kier alpha value is -4.02. The van der Waals surface area contributed by atoms with E-state index in [1.807, 2.05) is 24.3 Å². The fourth-order valence-electron chi connectivity index (χ4n) is 4.94. The zero-order valence-electron chi connectivity index (χ0n) is 21.9. The number of benzene rings is 3. The lowest BCUT2D eigenvalue weighted by Gasteiger charge is -2.38. The molecule has 40 heavy (non-hydrogen) atoms. The summed E-state index contributed by atoms with van der Waals surface area (Å²) in [7, 11) is 1.64. The number of hydrogen-bond acceptors (Lipinski definition) is 8. The van der Waals surface area contributed by atoms with Crippen molar-refractivity contribution in [1.82, 2.24) is 4.90 Å². The van der Waals surface area contributed by atoms with Crippen LogP contribution in [0.5, 0.6) is 5.75 Å². The molecule has 0 bridgehead atoms. The molecule has 10 heteroatoms. The van der Waals surface area contributed by atoms with E-state index in [9.17, 15) is 19.2 Å². The first-order chi connectivity index (χ1) is 19.3. The number of anilines is 2. The largest absolute Gasteiger partial charge is 0.497 e. The highest BCUT2D eigenvalue weighted by molar-refractivity contribution is 9.10. The average Bonchev–Trinajstić information content (AvgIpc) is 3.29. The number of carbonyl (C=O) groups excluding carboxylic acids is 4. The molecule has 0 aromatic heterocycles. The summed E-state index contributed by atoms with van der Waals surface area (Å²) in [5.74, 6) is -0.721. The number of amides is 2. The number of Topliss-reactive ketones (excluding diaryl/α,β-unsaturated/α-hetero) is 1. The van der Waals surface area contributed by atoms with Crippen molar-refractivity contribution in [2.24, 2.45) is 0 Å².